The number of halogens is 2. The van der Waals surface area contributed by atoms with Crippen LogP contribution in [0.3, 0.4) is 0 Å². The lowest BCUT2D eigenvalue weighted by Crippen LogP contribution is -2.02. The van der Waals surface area contributed by atoms with Crippen LogP contribution in [0.4, 0.5) is 4.39 Å². The largest absolute Gasteiger partial charge is 0.388 e. The van der Waals surface area contributed by atoms with Crippen molar-refractivity contribution in [3.05, 3.63) is 39.7 Å². The number of aliphatic hydroxyl groups excluding tert-OH is 1. The predicted molar refractivity (Wildman–Crippen MR) is 60.0 cm³/mol. The number of rotatable bonds is 2. The number of nitrogens with zero attached hydrogens (tertiary/aromatic N) is 3. The minimum Gasteiger partial charge on any atom is -0.388 e. The van der Waals surface area contributed by atoms with Gasteiger partial charge >= 0.3 is 0 Å². The molecular weight excluding hydrogens is 312 g/mol. The molecule has 2 aromatic rings. The van der Waals surface area contributed by atoms with Gasteiger partial charge in [-0.25, -0.2) is 4.39 Å². The van der Waals surface area contributed by atoms with Crippen LogP contribution >= 0.6 is 22.6 Å². The summed E-state index contributed by atoms with van der Waals surface area (Å²) in [6, 6.07) is 4.40. The highest BCUT2D eigenvalue weighted by Gasteiger charge is 2.08. The second kappa shape index (κ2) is 4.23. The van der Waals surface area contributed by atoms with E-state index in [1.807, 2.05) is 22.6 Å². The lowest BCUT2D eigenvalue weighted by atomic mass is 10.3. The molecule has 0 aliphatic heterocycles. The first-order chi connectivity index (χ1) is 7.22. The summed E-state index contributed by atoms with van der Waals surface area (Å²) < 4.78 is 15.2. The zero-order valence-corrected chi connectivity index (χ0v) is 9.72. The molecule has 78 valence electrons. The van der Waals surface area contributed by atoms with Crippen LogP contribution in [0.1, 0.15) is 5.82 Å². The maximum atomic E-state index is 12.9. The summed E-state index contributed by atoms with van der Waals surface area (Å²) in [5.74, 6) is 0.140. The lowest BCUT2D eigenvalue weighted by molar-refractivity contribution is 0.269. The second-order valence-electron chi connectivity index (χ2n) is 2.87. The van der Waals surface area contributed by atoms with E-state index in [9.17, 15) is 4.39 Å². The standard InChI is InChI=1S/C9H7FIN3O/c10-6-1-2-8(7(11)3-6)14-5-12-13-9(14)4-15/h1-3,5,15H,4H2. The van der Waals surface area contributed by atoms with Gasteiger partial charge in [0.1, 0.15) is 18.8 Å². The normalized spacial score (nSPS) is 10.6. The third kappa shape index (κ3) is 2.00. The van der Waals surface area contributed by atoms with Gasteiger partial charge in [0.05, 0.1) is 5.69 Å². The van der Waals surface area contributed by atoms with Crippen LogP contribution in [-0.2, 0) is 6.61 Å². The molecule has 0 aliphatic carbocycles. The molecule has 0 unspecified atom stereocenters. The topological polar surface area (TPSA) is 50.9 Å². The molecular formula is C9H7FIN3O. The highest BCUT2D eigenvalue weighted by atomic mass is 127. The van der Waals surface area contributed by atoms with Gasteiger partial charge in [0, 0.05) is 3.57 Å². The monoisotopic (exact) mass is 319 g/mol. The van der Waals surface area contributed by atoms with E-state index >= 15 is 0 Å². The highest BCUT2D eigenvalue weighted by Crippen LogP contribution is 2.19. The van der Waals surface area contributed by atoms with Gasteiger partial charge in [-0.1, -0.05) is 0 Å². The minimum absolute atomic E-state index is 0.201. The third-order valence-corrected chi connectivity index (χ3v) is 2.79. The van der Waals surface area contributed by atoms with Gasteiger partial charge in [-0.2, -0.15) is 0 Å². The van der Waals surface area contributed by atoms with E-state index in [1.54, 1.807) is 10.6 Å². The van der Waals surface area contributed by atoms with Crippen molar-refractivity contribution in [2.45, 2.75) is 6.61 Å². The van der Waals surface area contributed by atoms with Gasteiger partial charge in [0.2, 0.25) is 0 Å². The average Bonchev–Trinajstić information content (AvgIpc) is 2.65. The van der Waals surface area contributed by atoms with Crippen LogP contribution in [0.15, 0.2) is 24.5 Å². The second-order valence-corrected chi connectivity index (χ2v) is 4.03. The Kier molecular flexibility index (Phi) is 2.96. The molecule has 0 amide bonds. The third-order valence-electron chi connectivity index (χ3n) is 1.93. The molecule has 15 heavy (non-hydrogen) atoms. The quantitative estimate of drug-likeness (QED) is 0.854. The Morgan fingerprint density at radius 1 is 1.47 bits per heavy atom. The van der Waals surface area contributed by atoms with E-state index in [0.717, 1.165) is 9.26 Å². The summed E-state index contributed by atoms with van der Waals surface area (Å²) in [5.41, 5.74) is 0.756. The maximum absolute atomic E-state index is 12.9. The Morgan fingerprint density at radius 3 is 2.93 bits per heavy atom. The molecule has 1 heterocycles. The van der Waals surface area contributed by atoms with Crippen LogP contribution in [0.25, 0.3) is 5.69 Å². The summed E-state index contributed by atoms with van der Waals surface area (Å²) in [6.45, 7) is -0.201. The van der Waals surface area contributed by atoms with Crippen molar-refractivity contribution in [1.29, 1.82) is 0 Å². The van der Waals surface area contributed by atoms with Gasteiger partial charge in [-0.15, -0.1) is 10.2 Å². The fraction of sp³-hybridized carbons (Fsp3) is 0.111. The van der Waals surface area contributed by atoms with Crippen molar-refractivity contribution in [2.75, 3.05) is 0 Å². The van der Waals surface area contributed by atoms with Crippen molar-refractivity contribution < 1.29 is 9.50 Å². The van der Waals surface area contributed by atoms with Gasteiger partial charge in [0.15, 0.2) is 5.82 Å². The van der Waals surface area contributed by atoms with E-state index in [-0.39, 0.29) is 12.4 Å². The number of hydrogen-bond acceptors (Lipinski definition) is 3. The van der Waals surface area contributed by atoms with Crippen LogP contribution in [0.5, 0.6) is 0 Å². The Morgan fingerprint density at radius 2 is 2.27 bits per heavy atom. The Bertz CT molecular complexity index is 486. The first kappa shape index (κ1) is 10.5. The van der Waals surface area contributed by atoms with Crippen molar-refractivity contribution >= 4 is 22.6 Å². The molecule has 6 heteroatoms. The summed E-state index contributed by atoms with van der Waals surface area (Å²) >= 11 is 2.02. The summed E-state index contributed by atoms with van der Waals surface area (Å²) in [5, 5.41) is 16.4. The van der Waals surface area contributed by atoms with E-state index in [4.69, 9.17) is 5.11 Å². The zero-order chi connectivity index (χ0) is 10.8. The predicted octanol–water partition coefficient (Wildman–Crippen LogP) is 1.50. The molecule has 0 bridgehead atoms. The van der Waals surface area contributed by atoms with Gasteiger partial charge in [-0.3, -0.25) is 4.57 Å². The Balaban J connectivity index is 2.54. The Hall–Kier alpha value is -1.02. The SMILES string of the molecule is OCc1nncn1-c1ccc(F)cc1I. The first-order valence-corrected chi connectivity index (χ1v) is 5.25. The van der Waals surface area contributed by atoms with E-state index in [1.165, 1.54) is 18.5 Å². The number of hydrogen-bond donors (Lipinski definition) is 1. The van der Waals surface area contributed by atoms with Crippen molar-refractivity contribution in [3.63, 3.8) is 0 Å². The van der Waals surface area contributed by atoms with Crippen molar-refractivity contribution in [2.24, 2.45) is 0 Å². The average molecular weight is 319 g/mol. The first-order valence-electron chi connectivity index (χ1n) is 4.17. The molecule has 0 saturated heterocycles. The fourth-order valence-corrected chi connectivity index (χ4v) is 1.98. The molecule has 1 aromatic carbocycles. The van der Waals surface area contributed by atoms with Crippen molar-refractivity contribution in [1.82, 2.24) is 14.8 Å². The summed E-state index contributed by atoms with van der Waals surface area (Å²) in [7, 11) is 0. The van der Waals surface area contributed by atoms with Crippen LogP contribution < -0.4 is 0 Å². The molecule has 1 aromatic heterocycles. The number of aliphatic hydroxyl groups is 1. The highest BCUT2D eigenvalue weighted by molar-refractivity contribution is 14.1. The van der Waals surface area contributed by atoms with E-state index < -0.39 is 0 Å². The van der Waals surface area contributed by atoms with Gasteiger partial charge < -0.3 is 5.11 Å². The van der Waals surface area contributed by atoms with Gasteiger partial charge in [0.25, 0.3) is 0 Å². The smallest absolute Gasteiger partial charge is 0.163 e. The lowest BCUT2D eigenvalue weighted by Gasteiger charge is -2.06. The minimum atomic E-state index is -0.290. The molecule has 0 atom stereocenters. The van der Waals surface area contributed by atoms with E-state index in [0.29, 0.717) is 5.82 Å². The summed E-state index contributed by atoms with van der Waals surface area (Å²) in [6.07, 6.45) is 1.49. The maximum Gasteiger partial charge on any atom is 0.163 e. The Labute approximate surface area is 98.9 Å². The van der Waals surface area contributed by atoms with E-state index in [2.05, 4.69) is 10.2 Å². The van der Waals surface area contributed by atoms with Crippen LogP contribution in [0.2, 0.25) is 0 Å². The molecule has 2 rings (SSSR count). The molecule has 0 saturated carbocycles. The van der Waals surface area contributed by atoms with Crippen LogP contribution in [-0.4, -0.2) is 19.9 Å². The van der Waals surface area contributed by atoms with Crippen LogP contribution in [0, 0.1) is 9.39 Å². The fourth-order valence-electron chi connectivity index (χ4n) is 1.24. The molecule has 0 fully saturated rings. The molecule has 1 N–H and O–H groups in total. The van der Waals surface area contributed by atoms with Gasteiger partial charge in [-0.05, 0) is 40.8 Å². The van der Waals surface area contributed by atoms with Crippen molar-refractivity contribution in [3.8, 4) is 5.69 Å². The number of benzene rings is 1. The number of aromatic nitrogens is 3. The zero-order valence-electron chi connectivity index (χ0n) is 7.56. The molecule has 4 nitrogen and oxygen atoms in total. The molecule has 0 radical (unpaired) electrons. The molecule has 0 spiro atoms. The summed E-state index contributed by atoms with van der Waals surface area (Å²) in [4.78, 5) is 0. The molecule has 0 aliphatic rings.